The summed E-state index contributed by atoms with van der Waals surface area (Å²) in [7, 11) is 0. The molecule has 0 amide bonds. The number of fused-ring (bicyclic) bond motifs is 1. The summed E-state index contributed by atoms with van der Waals surface area (Å²) in [5.74, 6) is 0.00918. The van der Waals surface area contributed by atoms with E-state index in [9.17, 15) is 4.79 Å². The van der Waals surface area contributed by atoms with Gasteiger partial charge in [-0.2, -0.15) is 5.10 Å². The zero-order valence-electron chi connectivity index (χ0n) is 11.5. The summed E-state index contributed by atoms with van der Waals surface area (Å²) in [5.41, 5.74) is 2.10. The molecule has 0 saturated carbocycles. The summed E-state index contributed by atoms with van der Waals surface area (Å²) in [6.07, 6.45) is 4.05. The topological polar surface area (TPSA) is 68.5 Å². The smallest absolute Gasteiger partial charge is 0.358 e. The first-order valence-corrected chi connectivity index (χ1v) is 7.02. The Morgan fingerprint density at radius 3 is 3.25 bits per heavy atom. The van der Waals surface area contributed by atoms with E-state index >= 15 is 0 Å². The second kappa shape index (κ2) is 5.58. The highest BCUT2D eigenvalue weighted by atomic mass is 16.5. The third kappa shape index (κ3) is 2.38. The molecule has 2 aromatic heterocycles. The van der Waals surface area contributed by atoms with Crippen LogP contribution in [-0.2, 0) is 4.74 Å². The van der Waals surface area contributed by atoms with Crippen molar-refractivity contribution < 1.29 is 9.53 Å². The fourth-order valence-corrected chi connectivity index (χ4v) is 2.63. The molecule has 3 heterocycles. The largest absolute Gasteiger partial charge is 0.461 e. The van der Waals surface area contributed by atoms with E-state index in [-0.39, 0.29) is 0 Å². The molecule has 106 valence electrons. The molecule has 20 heavy (non-hydrogen) atoms. The average molecular weight is 274 g/mol. The van der Waals surface area contributed by atoms with Crippen LogP contribution in [0.3, 0.4) is 0 Å². The molecule has 0 spiro atoms. The Balaban J connectivity index is 1.98. The molecule has 0 aliphatic carbocycles. The number of nitrogens with one attached hydrogen (secondary N) is 1. The van der Waals surface area contributed by atoms with Crippen LogP contribution in [0, 0.1) is 0 Å². The van der Waals surface area contributed by atoms with Crippen LogP contribution in [0.4, 0.5) is 0 Å². The fourth-order valence-electron chi connectivity index (χ4n) is 2.63. The molecule has 1 N–H and O–H groups in total. The molecule has 6 heteroatoms. The number of esters is 1. The van der Waals surface area contributed by atoms with Gasteiger partial charge in [0.2, 0.25) is 0 Å². The Morgan fingerprint density at radius 2 is 2.50 bits per heavy atom. The van der Waals surface area contributed by atoms with Crippen molar-refractivity contribution in [3.8, 4) is 0 Å². The number of ether oxygens (including phenoxy) is 1. The van der Waals surface area contributed by atoms with Gasteiger partial charge in [-0.3, -0.25) is 0 Å². The van der Waals surface area contributed by atoms with Gasteiger partial charge in [0, 0.05) is 24.7 Å². The van der Waals surface area contributed by atoms with Crippen molar-refractivity contribution in [1.82, 2.24) is 19.9 Å². The molecule has 1 unspecified atom stereocenters. The van der Waals surface area contributed by atoms with Crippen molar-refractivity contribution in [1.29, 1.82) is 0 Å². The number of carbonyl (C=O) groups is 1. The lowest BCUT2D eigenvalue weighted by Gasteiger charge is -2.23. The van der Waals surface area contributed by atoms with Crippen molar-refractivity contribution in [2.75, 3.05) is 19.7 Å². The lowest BCUT2D eigenvalue weighted by atomic mass is 9.96. The van der Waals surface area contributed by atoms with Gasteiger partial charge in [-0.15, -0.1) is 0 Å². The Kier molecular flexibility index (Phi) is 3.64. The third-order valence-corrected chi connectivity index (χ3v) is 3.59. The summed E-state index contributed by atoms with van der Waals surface area (Å²) in [6.45, 7) is 4.14. The summed E-state index contributed by atoms with van der Waals surface area (Å²) < 4.78 is 6.76. The van der Waals surface area contributed by atoms with Gasteiger partial charge in [0.15, 0.2) is 11.3 Å². The van der Waals surface area contributed by atoms with Gasteiger partial charge >= 0.3 is 5.97 Å². The van der Waals surface area contributed by atoms with E-state index in [2.05, 4.69) is 15.4 Å². The van der Waals surface area contributed by atoms with Gasteiger partial charge in [-0.25, -0.2) is 14.3 Å². The highest BCUT2D eigenvalue weighted by Crippen LogP contribution is 2.23. The van der Waals surface area contributed by atoms with Crippen molar-refractivity contribution in [3.05, 3.63) is 29.7 Å². The monoisotopic (exact) mass is 274 g/mol. The molecular formula is C14H18N4O2. The predicted octanol–water partition coefficient (Wildman–Crippen LogP) is 1.37. The SMILES string of the molecule is CCOC(=O)c1cc2nccc(C3CCCNC3)n2n1. The summed E-state index contributed by atoms with van der Waals surface area (Å²) in [4.78, 5) is 16.0. The van der Waals surface area contributed by atoms with Crippen LogP contribution in [0.1, 0.15) is 41.9 Å². The minimum Gasteiger partial charge on any atom is -0.461 e. The van der Waals surface area contributed by atoms with E-state index in [0.29, 0.717) is 23.9 Å². The normalized spacial score (nSPS) is 19.1. The first kappa shape index (κ1) is 13.1. The van der Waals surface area contributed by atoms with Crippen LogP contribution in [0.25, 0.3) is 5.65 Å². The minimum absolute atomic E-state index is 0.315. The van der Waals surface area contributed by atoms with E-state index in [0.717, 1.165) is 31.6 Å². The van der Waals surface area contributed by atoms with Gasteiger partial charge in [0.25, 0.3) is 0 Å². The molecule has 1 atom stereocenters. The van der Waals surface area contributed by atoms with Gasteiger partial charge < -0.3 is 10.1 Å². The van der Waals surface area contributed by atoms with Gasteiger partial charge in [-0.05, 0) is 32.4 Å². The number of carbonyl (C=O) groups excluding carboxylic acids is 1. The van der Waals surface area contributed by atoms with Gasteiger partial charge in [-0.1, -0.05) is 0 Å². The van der Waals surface area contributed by atoms with Gasteiger partial charge in [0.05, 0.1) is 12.3 Å². The van der Waals surface area contributed by atoms with E-state index in [4.69, 9.17) is 4.74 Å². The second-order valence-electron chi connectivity index (χ2n) is 4.93. The highest BCUT2D eigenvalue weighted by Gasteiger charge is 2.20. The molecule has 1 saturated heterocycles. The quantitative estimate of drug-likeness (QED) is 0.856. The molecule has 0 radical (unpaired) electrons. The van der Waals surface area contributed by atoms with Crippen molar-refractivity contribution in [2.45, 2.75) is 25.7 Å². The Hall–Kier alpha value is -1.95. The number of nitrogens with zero attached hydrogens (tertiary/aromatic N) is 3. The fraction of sp³-hybridized carbons (Fsp3) is 0.500. The molecular weight excluding hydrogens is 256 g/mol. The Morgan fingerprint density at radius 1 is 1.60 bits per heavy atom. The van der Waals surface area contributed by atoms with E-state index in [1.165, 1.54) is 0 Å². The molecule has 0 bridgehead atoms. The van der Waals surface area contributed by atoms with Crippen LogP contribution in [0.15, 0.2) is 18.3 Å². The molecule has 1 aliphatic rings. The van der Waals surface area contributed by atoms with Crippen molar-refractivity contribution >= 4 is 11.6 Å². The van der Waals surface area contributed by atoms with Crippen LogP contribution in [0.2, 0.25) is 0 Å². The van der Waals surface area contributed by atoms with Crippen LogP contribution in [-0.4, -0.2) is 40.3 Å². The molecule has 1 fully saturated rings. The van der Waals surface area contributed by atoms with Crippen LogP contribution >= 0.6 is 0 Å². The molecule has 2 aromatic rings. The molecule has 1 aliphatic heterocycles. The zero-order chi connectivity index (χ0) is 13.9. The van der Waals surface area contributed by atoms with Gasteiger partial charge in [0.1, 0.15) is 0 Å². The van der Waals surface area contributed by atoms with Crippen LogP contribution in [0.5, 0.6) is 0 Å². The first-order valence-electron chi connectivity index (χ1n) is 7.02. The number of hydrogen-bond acceptors (Lipinski definition) is 5. The standard InChI is InChI=1S/C14H18N4O2/c1-2-20-14(19)11-8-13-16-7-5-12(18(13)17-11)10-4-3-6-15-9-10/h5,7-8,10,15H,2-4,6,9H2,1H3. The zero-order valence-corrected chi connectivity index (χ0v) is 11.5. The summed E-state index contributed by atoms with van der Waals surface area (Å²) in [6, 6.07) is 3.66. The van der Waals surface area contributed by atoms with Crippen molar-refractivity contribution in [2.24, 2.45) is 0 Å². The maximum Gasteiger partial charge on any atom is 0.358 e. The van der Waals surface area contributed by atoms with E-state index < -0.39 is 5.97 Å². The lowest BCUT2D eigenvalue weighted by molar-refractivity contribution is 0.0519. The number of aromatic nitrogens is 3. The third-order valence-electron chi connectivity index (χ3n) is 3.59. The number of piperidine rings is 1. The van der Waals surface area contributed by atoms with Crippen molar-refractivity contribution in [3.63, 3.8) is 0 Å². The Bertz CT molecular complexity index is 617. The second-order valence-corrected chi connectivity index (χ2v) is 4.93. The first-order chi connectivity index (χ1) is 9.79. The maximum atomic E-state index is 11.8. The maximum absolute atomic E-state index is 11.8. The number of rotatable bonds is 3. The minimum atomic E-state index is -0.397. The number of hydrogen-bond donors (Lipinski definition) is 1. The summed E-state index contributed by atoms with van der Waals surface area (Å²) >= 11 is 0. The molecule has 0 aromatic carbocycles. The highest BCUT2D eigenvalue weighted by molar-refractivity contribution is 5.88. The average Bonchev–Trinajstić information content (AvgIpc) is 2.92. The molecule has 3 rings (SSSR count). The Labute approximate surface area is 117 Å². The van der Waals surface area contributed by atoms with E-state index in [1.54, 1.807) is 23.7 Å². The summed E-state index contributed by atoms with van der Waals surface area (Å²) in [5, 5.41) is 7.75. The molecule has 6 nitrogen and oxygen atoms in total. The lowest BCUT2D eigenvalue weighted by Crippen LogP contribution is -2.29. The van der Waals surface area contributed by atoms with Crippen LogP contribution < -0.4 is 5.32 Å². The van der Waals surface area contributed by atoms with E-state index in [1.807, 2.05) is 6.07 Å². The predicted molar refractivity (Wildman–Crippen MR) is 73.8 cm³/mol.